The zero-order valence-electron chi connectivity index (χ0n) is 13.4. The molecule has 0 spiro atoms. The van der Waals surface area contributed by atoms with Gasteiger partial charge in [-0.15, -0.1) is 11.3 Å². The first kappa shape index (κ1) is 16.0. The van der Waals surface area contributed by atoms with Gasteiger partial charge >= 0.3 is 5.95 Å². The molecule has 128 valence electrons. The number of rotatable bonds is 5. The molecule has 1 atom stereocenters. The maximum Gasteiger partial charge on any atom is 0.305 e. The molecular weight excluding hydrogens is 346 g/mol. The zero-order chi connectivity index (χ0) is 16.5. The fourth-order valence-electron chi connectivity index (χ4n) is 3.34. The Hall–Kier alpha value is -1.51. The summed E-state index contributed by atoms with van der Waals surface area (Å²) in [6.07, 6.45) is 3.93. The Kier molecular flexibility index (Phi) is 4.51. The SMILES string of the molecule is COc1cnc(Sc2ccc(C(=O)NC3CN4CCC3CC4)s2)o1. The first-order chi connectivity index (χ1) is 11.7. The number of hydrogen-bond acceptors (Lipinski definition) is 7. The number of carbonyl (C=O) groups excluding carboxylic acids is 1. The van der Waals surface area contributed by atoms with Crippen molar-refractivity contribution in [2.45, 2.75) is 28.3 Å². The highest BCUT2D eigenvalue weighted by Gasteiger charge is 2.35. The van der Waals surface area contributed by atoms with E-state index in [1.807, 2.05) is 12.1 Å². The molecule has 0 aliphatic carbocycles. The van der Waals surface area contributed by atoms with Crippen molar-refractivity contribution in [2.24, 2.45) is 5.92 Å². The lowest BCUT2D eigenvalue weighted by atomic mass is 9.84. The third-order valence-electron chi connectivity index (χ3n) is 4.63. The van der Waals surface area contributed by atoms with Crippen LogP contribution < -0.4 is 10.1 Å². The highest BCUT2D eigenvalue weighted by molar-refractivity contribution is 8.01. The van der Waals surface area contributed by atoms with E-state index in [1.54, 1.807) is 0 Å². The Balaban J connectivity index is 1.38. The first-order valence-electron chi connectivity index (χ1n) is 8.02. The number of aromatic nitrogens is 1. The van der Waals surface area contributed by atoms with Gasteiger partial charge in [-0.3, -0.25) is 4.79 Å². The van der Waals surface area contributed by atoms with E-state index in [0.29, 0.717) is 17.1 Å². The fourth-order valence-corrected chi connectivity index (χ4v) is 5.16. The van der Waals surface area contributed by atoms with Gasteiger partial charge in [-0.2, -0.15) is 0 Å². The lowest BCUT2D eigenvalue weighted by Gasteiger charge is -2.44. The van der Waals surface area contributed by atoms with Crippen LogP contribution in [0.25, 0.3) is 0 Å². The third kappa shape index (κ3) is 3.31. The lowest BCUT2D eigenvalue weighted by Crippen LogP contribution is -2.57. The van der Waals surface area contributed by atoms with Crippen molar-refractivity contribution in [2.75, 3.05) is 26.7 Å². The number of ether oxygens (including phenoxy) is 1. The fraction of sp³-hybridized carbons (Fsp3) is 0.500. The van der Waals surface area contributed by atoms with Crippen LogP contribution in [0.3, 0.4) is 0 Å². The van der Waals surface area contributed by atoms with Crippen LogP contribution in [-0.2, 0) is 0 Å². The highest BCUT2D eigenvalue weighted by atomic mass is 32.2. The summed E-state index contributed by atoms with van der Waals surface area (Å²) in [5.41, 5.74) is 0. The van der Waals surface area contributed by atoms with Gasteiger partial charge in [0.2, 0.25) is 0 Å². The summed E-state index contributed by atoms with van der Waals surface area (Å²) in [5.74, 6) is 1.04. The molecule has 0 saturated carbocycles. The minimum absolute atomic E-state index is 0.0237. The maximum absolute atomic E-state index is 12.5. The number of nitrogens with one attached hydrogen (secondary N) is 1. The molecule has 3 aliphatic heterocycles. The summed E-state index contributed by atoms with van der Waals surface area (Å²) in [4.78, 5) is 19.8. The Morgan fingerprint density at radius 1 is 1.46 bits per heavy atom. The van der Waals surface area contributed by atoms with Gasteiger partial charge in [-0.05, 0) is 55.7 Å². The summed E-state index contributed by atoms with van der Waals surface area (Å²) in [7, 11) is 1.54. The molecule has 3 aliphatic rings. The lowest BCUT2D eigenvalue weighted by molar-refractivity contribution is 0.0622. The molecule has 6 nitrogen and oxygen atoms in total. The highest BCUT2D eigenvalue weighted by Crippen LogP contribution is 2.34. The third-order valence-corrected chi connectivity index (χ3v) is 6.71. The summed E-state index contributed by atoms with van der Waals surface area (Å²) in [5, 5.41) is 3.73. The smallest absolute Gasteiger partial charge is 0.305 e. The van der Waals surface area contributed by atoms with Gasteiger partial charge in [0.15, 0.2) is 0 Å². The second-order valence-corrected chi connectivity index (χ2v) is 8.42. The number of thiophene rings is 1. The van der Waals surface area contributed by atoms with Crippen molar-refractivity contribution in [1.29, 1.82) is 0 Å². The summed E-state index contributed by atoms with van der Waals surface area (Å²) in [6.45, 7) is 3.34. The largest absolute Gasteiger partial charge is 0.467 e. The maximum atomic E-state index is 12.5. The van der Waals surface area contributed by atoms with E-state index in [9.17, 15) is 4.79 Å². The van der Waals surface area contributed by atoms with Gasteiger partial charge in [0.1, 0.15) is 6.20 Å². The van der Waals surface area contributed by atoms with Crippen molar-refractivity contribution in [3.05, 3.63) is 23.2 Å². The molecule has 2 aromatic heterocycles. The molecule has 1 unspecified atom stereocenters. The second-order valence-electron chi connectivity index (χ2n) is 6.09. The van der Waals surface area contributed by atoms with E-state index in [0.717, 1.165) is 15.6 Å². The number of carbonyl (C=O) groups is 1. The molecule has 0 radical (unpaired) electrons. The van der Waals surface area contributed by atoms with E-state index in [1.165, 1.54) is 62.3 Å². The molecule has 2 aromatic rings. The van der Waals surface area contributed by atoms with Crippen molar-refractivity contribution in [3.8, 4) is 5.95 Å². The van der Waals surface area contributed by atoms with Crippen molar-refractivity contribution < 1.29 is 13.9 Å². The van der Waals surface area contributed by atoms with Gasteiger partial charge in [-0.25, -0.2) is 4.98 Å². The molecule has 0 aromatic carbocycles. The molecule has 1 amide bonds. The van der Waals surface area contributed by atoms with E-state index in [2.05, 4.69) is 15.2 Å². The topological polar surface area (TPSA) is 67.6 Å². The molecule has 5 heterocycles. The molecule has 3 saturated heterocycles. The van der Waals surface area contributed by atoms with E-state index in [-0.39, 0.29) is 11.9 Å². The molecular formula is C16H19N3O3S2. The van der Waals surface area contributed by atoms with Gasteiger partial charge in [0.05, 0.1) is 16.2 Å². The number of hydrogen-bond donors (Lipinski definition) is 1. The molecule has 2 bridgehead atoms. The molecule has 5 rings (SSSR count). The van der Waals surface area contributed by atoms with Crippen LogP contribution in [0.5, 0.6) is 5.95 Å². The average Bonchev–Trinajstić information content (AvgIpc) is 3.26. The monoisotopic (exact) mass is 365 g/mol. The number of piperidine rings is 3. The predicted molar refractivity (Wildman–Crippen MR) is 91.9 cm³/mol. The normalized spacial score (nSPS) is 25.6. The van der Waals surface area contributed by atoms with Gasteiger partial charge in [0.25, 0.3) is 11.1 Å². The van der Waals surface area contributed by atoms with Crippen molar-refractivity contribution in [1.82, 2.24) is 15.2 Å². The van der Waals surface area contributed by atoms with E-state index in [4.69, 9.17) is 9.15 Å². The zero-order valence-corrected chi connectivity index (χ0v) is 15.0. The van der Waals surface area contributed by atoms with Crippen LogP contribution in [0.1, 0.15) is 22.5 Å². The Morgan fingerprint density at radius 3 is 2.96 bits per heavy atom. The van der Waals surface area contributed by atoms with Crippen LogP contribution >= 0.6 is 23.1 Å². The van der Waals surface area contributed by atoms with Gasteiger partial charge in [-0.1, -0.05) is 0 Å². The average molecular weight is 365 g/mol. The summed E-state index contributed by atoms with van der Waals surface area (Å²) in [6, 6.07) is 4.08. The Morgan fingerprint density at radius 2 is 2.29 bits per heavy atom. The number of amides is 1. The second kappa shape index (κ2) is 6.78. The predicted octanol–water partition coefficient (Wildman–Crippen LogP) is 2.72. The van der Waals surface area contributed by atoms with E-state index >= 15 is 0 Å². The minimum Gasteiger partial charge on any atom is -0.467 e. The molecule has 24 heavy (non-hydrogen) atoms. The number of oxazole rings is 1. The van der Waals surface area contributed by atoms with Gasteiger partial charge in [0, 0.05) is 12.6 Å². The standard InChI is InChI=1S/C16H19N3O3S2/c1-21-13-8-17-16(22-13)24-14-3-2-12(23-14)15(20)18-11-9-19-6-4-10(11)5-7-19/h2-3,8,10-11H,4-7,9H2,1H3,(H,18,20). The molecule has 1 N–H and O–H groups in total. The summed E-state index contributed by atoms with van der Waals surface area (Å²) < 4.78 is 11.3. The van der Waals surface area contributed by atoms with Crippen molar-refractivity contribution >= 4 is 29.0 Å². The van der Waals surface area contributed by atoms with Crippen molar-refractivity contribution in [3.63, 3.8) is 0 Å². The van der Waals surface area contributed by atoms with Crippen LogP contribution in [0.15, 0.2) is 32.2 Å². The molecule has 8 heteroatoms. The van der Waals surface area contributed by atoms with Crippen LogP contribution in [0.2, 0.25) is 0 Å². The summed E-state index contributed by atoms with van der Waals surface area (Å²) >= 11 is 2.85. The minimum atomic E-state index is 0.0237. The number of methoxy groups -OCH3 is 1. The number of fused-ring (bicyclic) bond motifs is 3. The van der Waals surface area contributed by atoms with Crippen LogP contribution in [-0.4, -0.2) is 48.6 Å². The Bertz CT molecular complexity index is 722. The van der Waals surface area contributed by atoms with Crippen LogP contribution in [0.4, 0.5) is 0 Å². The Labute approximate surface area is 148 Å². The van der Waals surface area contributed by atoms with E-state index < -0.39 is 0 Å². The van der Waals surface area contributed by atoms with Gasteiger partial charge < -0.3 is 19.4 Å². The quantitative estimate of drug-likeness (QED) is 0.879. The molecule has 3 fully saturated rings. The number of nitrogens with zero attached hydrogens (tertiary/aromatic N) is 2. The first-order valence-corrected chi connectivity index (χ1v) is 9.65. The van der Waals surface area contributed by atoms with Crippen LogP contribution in [0, 0.1) is 5.92 Å².